The van der Waals surface area contributed by atoms with Crippen LogP contribution in [0.1, 0.15) is 25.1 Å². The lowest BCUT2D eigenvalue weighted by molar-refractivity contribution is -0.204. The normalized spacial score (nSPS) is 28.5. The maximum atomic E-state index is 10.2. The molecule has 2 aliphatic heterocycles. The first-order valence-electron chi connectivity index (χ1n) is 10.1. The van der Waals surface area contributed by atoms with E-state index >= 15 is 0 Å². The summed E-state index contributed by atoms with van der Waals surface area (Å²) in [5.41, 5.74) is 0.391. The van der Waals surface area contributed by atoms with Gasteiger partial charge in [0, 0.05) is 10.1 Å². The molecule has 0 amide bonds. The van der Waals surface area contributed by atoms with Crippen LogP contribution in [0.25, 0.3) is 5.65 Å². The third kappa shape index (κ3) is 3.43. The number of fused-ring (bicyclic) bond motifs is 2. The van der Waals surface area contributed by atoms with Crippen LogP contribution in [-0.4, -0.2) is 55.4 Å². The molecule has 3 aromatic rings. The molecule has 0 radical (unpaired) electrons. The number of nitrogens with one attached hydrogen (secondary N) is 1. The predicted molar refractivity (Wildman–Crippen MR) is 120 cm³/mol. The van der Waals surface area contributed by atoms with E-state index < -0.39 is 29.7 Å². The van der Waals surface area contributed by atoms with E-state index in [1.54, 1.807) is 13.8 Å². The van der Waals surface area contributed by atoms with Crippen molar-refractivity contribution in [3.63, 3.8) is 0 Å². The number of aromatic nitrogens is 4. The predicted octanol–water partition coefficient (Wildman–Crippen LogP) is 1.97. The summed E-state index contributed by atoms with van der Waals surface area (Å²) in [6.07, 6.45) is 0.867. The second kappa shape index (κ2) is 7.89. The molecule has 32 heavy (non-hydrogen) atoms. The van der Waals surface area contributed by atoms with E-state index in [-0.39, 0.29) is 6.61 Å². The topological polar surface area (TPSA) is 127 Å². The maximum Gasteiger partial charge on any atom is 0.227 e. The molecule has 0 bridgehead atoms. The van der Waals surface area contributed by atoms with Crippen molar-refractivity contribution in [2.75, 3.05) is 11.9 Å². The van der Waals surface area contributed by atoms with Gasteiger partial charge in [-0.2, -0.15) is 10.4 Å². The lowest BCUT2D eigenvalue weighted by Crippen LogP contribution is -2.40. The molecular formula is C21H21IN6O4. The number of rotatable bonds is 5. The van der Waals surface area contributed by atoms with E-state index in [9.17, 15) is 10.4 Å². The van der Waals surface area contributed by atoms with E-state index in [4.69, 9.17) is 14.2 Å². The Morgan fingerprint density at radius 1 is 1.28 bits per heavy atom. The summed E-state index contributed by atoms with van der Waals surface area (Å²) in [7, 11) is 0. The average Bonchev–Trinajstić information content (AvgIpc) is 3.42. The Morgan fingerprint density at radius 2 is 2.12 bits per heavy atom. The molecule has 0 aliphatic carbocycles. The van der Waals surface area contributed by atoms with E-state index in [0.29, 0.717) is 23.7 Å². The Kier molecular flexibility index (Phi) is 5.30. The quantitative estimate of drug-likeness (QED) is 0.461. The van der Waals surface area contributed by atoms with Gasteiger partial charge in [-0.15, -0.1) is 0 Å². The summed E-state index contributed by atoms with van der Waals surface area (Å²) >= 11 is 2.27. The lowest BCUT2D eigenvalue weighted by atomic mass is 9.93. The van der Waals surface area contributed by atoms with Gasteiger partial charge in [-0.3, -0.25) is 0 Å². The first-order chi connectivity index (χ1) is 15.4. The third-order valence-corrected chi connectivity index (χ3v) is 6.28. The number of aliphatic hydroxyl groups is 1. The van der Waals surface area contributed by atoms with Crippen molar-refractivity contribution in [3.05, 3.63) is 51.6 Å². The number of benzene rings is 1. The van der Waals surface area contributed by atoms with E-state index in [1.165, 1.54) is 17.0 Å². The van der Waals surface area contributed by atoms with Gasteiger partial charge in [0.2, 0.25) is 5.60 Å². The zero-order valence-corrected chi connectivity index (χ0v) is 19.6. The smallest absolute Gasteiger partial charge is 0.227 e. The van der Waals surface area contributed by atoms with Gasteiger partial charge < -0.3 is 24.6 Å². The molecule has 2 N–H and O–H groups in total. The van der Waals surface area contributed by atoms with Crippen LogP contribution in [0.5, 0.6) is 0 Å². The molecule has 2 aliphatic rings. The van der Waals surface area contributed by atoms with Crippen molar-refractivity contribution in [1.82, 2.24) is 19.6 Å². The molecule has 10 nitrogen and oxygen atoms in total. The number of hydrogen-bond donors (Lipinski definition) is 2. The summed E-state index contributed by atoms with van der Waals surface area (Å²) in [6.45, 7) is 3.78. The average molecular weight is 548 g/mol. The second-order valence-corrected chi connectivity index (χ2v) is 9.42. The standard InChI is InChI=1S/C21H21IN6O4/c1-20(2)31-16-14(9-29)30-21(10-23,17(16)32-20)15-8-25-19-18(26-11-27-28(15)19)24-7-12-4-3-5-13(22)6-12/h3-6,8,11,14,16-17,29H,7,9H2,1-2H3,(H,24,26,27)/t14-,16-,17-,21+/m1/s1. The van der Waals surface area contributed by atoms with Crippen LogP contribution in [-0.2, 0) is 26.4 Å². The van der Waals surface area contributed by atoms with Crippen molar-refractivity contribution >= 4 is 34.1 Å². The molecule has 2 fully saturated rings. The fraction of sp³-hybridized carbons (Fsp3) is 0.429. The fourth-order valence-electron chi connectivity index (χ4n) is 4.27. The van der Waals surface area contributed by atoms with Crippen molar-refractivity contribution < 1.29 is 19.3 Å². The summed E-state index contributed by atoms with van der Waals surface area (Å²) in [6, 6.07) is 10.4. The first kappa shape index (κ1) is 21.5. The van der Waals surface area contributed by atoms with Gasteiger partial charge in [-0.05, 0) is 54.1 Å². The molecule has 0 unspecified atom stereocenters. The highest BCUT2D eigenvalue weighted by Crippen LogP contribution is 2.48. The molecule has 1 aromatic carbocycles. The van der Waals surface area contributed by atoms with Gasteiger partial charge in [0.05, 0.1) is 12.8 Å². The van der Waals surface area contributed by atoms with Gasteiger partial charge in [0.1, 0.15) is 36.4 Å². The molecule has 4 heterocycles. The van der Waals surface area contributed by atoms with Gasteiger partial charge in [-0.1, -0.05) is 12.1 Å². The fourth-order valence-corrected chi connectivity index (χ4v) is 4.88. The minimum absolute atomic E-state index is 0.307. The van der Waals surface area contributed by atoms with Crippen molar-refractivity contribution in [1.29, 1.82) is 5.26 Å². The molecule has 11 heteroatoms. The van der Waals surface area contributed by atoms with Crippen molar-refractivity contribution in [2.45, 2.75) is 50.1 Å². The summed E-state index contributed by atoms with van der Waals surface area (Å²) in [4.78, 5) is 8.80. The van der Waals surface area contributed by atoms with Gasteiger partial charge >= 0.3 is 0 Å². The van der Waals surface area contributed by atoms with Crippen LogP contribution in [0.4, 0.5) is 5.82 Å². The molecule has 4 atom stereocenters. The summed E-state index contributed by atoms with van der Waals surface area (Å²) in [5, 5.41) is 27.7. The van der Waals surface area contributed by atoms with Crippen LogP contribution < -0.4 is 5.32 Å². The zero-order valence-electron chi connectivity index (χ0n) is 17.4. The van der Waals surface area contributed by atoms with Gasteiger partial charge in [-0.25, -0.2) is 14.5 Å². The highest BCUT2D eigenvalue weighted by atomic mass is 127. The largest absolute Gasteiger partial charge is 0.394 e. The Morgan fingerprint density at radius 3 is 2.88 bits per heavy atom. The molecule has 0 saturated carbocycles. The lowest BCUT2D eigenvalue weighted by Gasteiger charge is -2.28. The van der Waals surface area contributed by atoms with E-state index in [1.807, 2.05) is 18.2 Å². The third-order valence-electron chi connectivity index (χ3n) is 5.61. The zero-order chi connectivity index (χ0) is 22.5. The van der Waals surface area contributed by atoms with E-state index in [0.717, 1.165) is 9.13 Å². The number of halogens is 1. The summed E-state index contributed by atoms with van der Waals surface area (Å²) in [5.74, 6) is -0.389. The van der Waals surface area contributed by atoms with Crippen LogP contribution >= 0.6 is 22.6 Å². The summed E-state index contributed by atoms with van der Waals surface area (Å²) < 4.78 is 20.7. The van der Waals surface area contributed by atoms with Crippen molar-refractivity contribution in [3.8, 4) is 6.07 Å². The number of nitriles is 1. The SMILES string of the molecule is CC1(C)O[C@H]2[C@@H](O1)[C@](C#N)(c1cnc3c(NCc4cccc(I)c4)ncnn13)O[C@@H]2CO. The second-order valence-electron chi connectivity index (χ2n) is 8.18. The van der Waals surface area contributed by atoms with Crippen LogP contribution in [0.15, 0.2) is 36.8 Å². The Hall–Kier alpha value is -2.37. The minimum atomic E-state index is -1.55. The molecule has 166 valence electrons. The number of anilines is 1. The molecular weight excluding hydrogens is 527 g/mol. The highest BCUT2D eigenvalue weighted by Gasteiger charge is 2.65. The maximum absolute atomic E-state index is 10.2. The number of hydrogen-bond acceptors (Lipinski definition) is 9. The van der Waals surface area contributed by atoms with Crippen LogP contribution in [0.2, 0.25) is 0 Å². The van der Waals surface area contributed by atoms with E-state index in [2.05, 4.69) is 55.1 Å². The van der Waals surface area contributed by atoms with Crippen molar-refractivity contribution in [2.24, 2.45) is 0 Å². The Balaban J connectivity index is 1.52. The molecule has 2 saturated heterocycles. The number of aliphatic hydroxyl groups excluding tert-OH is 1. The molecule has 0 spiro atoms. The monoisotopic (exact) mass is 548 g/mol. The highest BCUT2D eigenvalue weighted by molar-refractivity contribution is 14.1. The molecule has 2 aromatic heterocycles. The minimum Gasteiger partial charge on any atom is -0.394 e. The van der Waals surface area contributed by atoms with Crippen LogP contribution in [0, 0.1) is 14.9 Å². The van der Waals surface area contributed by atoms with Gasteiger partial charge in [0.15, 0.2) is 17.3 Å². The molecule has 5 rings (SSSR count). The first-order valence-corrected chi connectivity index (χ1v) is 11.2. The number of nitrogens with zero attached hydrogens (tertiary/aromatic N) is 5. The van der Waals surface area contributed by atoms with Gasteiger partial charge in [0.25, 0.3) is 0 Å². The number of imidazole rings is 1. The Labute approximate surface area is 197 Å². The Bertz CT molecular complexity index is 1210. The van der Waals surface area contributed by atoms with Crippen LogP contribution in [0.3, 0.4) is 0 Å². The number of ether oxygens (including phenoxy) is 3.